The fourth-order valence-electron chi connectivity index (χ4n) is 2.82. The van der Waals surface area contributed by atoms with Crippen molar-refractivity contribution in [2.75, 3.05) is 14.1 Å². The van der Waals surface area contributed by atoms with Gasteiger partial charge in [-0.3, -0.25) is 9.59 Å². The molecule has 0 atom stereocenters. The van der Waals surface area contributed by atoms with E-state index in [2.05, 4.69) is 5.32 Å². The summed E-state index contributed by atoms with van der Waals surface area (Å²) in [6.07, 6.45) is 0.181. The molecule has 188 valence electrons. The van der Waals surface area contributed by atoms with Crippen molar-refractivity contribution in [3.05, 3.63) is 70.8 Å². The molecule has 0 spiro atoms. The summed E-state index contributed by atoms with van der Waals surface area (Å²) >= 11 is 0. The number of carbonyl (C=O) groups is 3. The monoisotopic (exact) mass is 492 g/mol. The number of rotatable bonds is 8. The Labute approximate surface area is 208 Å². The molecule has 2 aromatic rings. The molecule has 0 aromatic heterocycles. The van der Waals surface area contributed by atoms with E-state index in [0.717, 1.165) is 23.2 Å². The van der Waals surface area contributed by atoms with Crippen LogP contribution in [0.1, 0.15) is 43.0 Å². The Morgan fingerprint density at radius 1 is 0.824 bits per heavy atom. The Morgan fingerprint density at radius 2 is 1.21 bits per heavy atom. The second kappa shape index (κ2) is 14.9. The molecule has 0 saturated carbocycles. The number of primary amides is 2. The first kappa shape index (κ1) is 30.9. The summed E-state index contributed by atoms with van der Waals surface area (Å²) in [5, 5.41) is 3.05. The summed E-state index contributed by atoms with van der Waals surface area (Å²) in [4.78, 5) is 34.7. The van der Waals surface area contributed by atoms with Crippen molar-refractivity contribution in [3.8, 4) is 0 Å². The van der Waals surface area contributed by atoms with E-state index in [1.54, 1.807) is 7.05 Å². The van der Waals surface area contributed by atoms with Crippen LogP contribution in [-0.4, -0.2) is 42.5 Å². The standard InChI is InChI=1S/C15H22N2O3.C10H14N2O.ClH/c1-15(2,3)20-14(19)17(4)10-12-7-5-11(6-8-12)9-13(16)18;1-12-7-9-4-2-8(3-5-9)6-10(11)13;/h5-8H,9-10H2,1-4H3,(H2,16,18);2-5,12H,6-7H2,1H3,(H2,11,13);1H. The first-order chi connectivity index (χ1) is 15.4. The molecule has 0 bridgehead atoms. The van der Waals surface area contributed by atoms with Crippen LogP contribution in [-0.2, 0) is 40.3 Å². The molecule has 0 aliphatic rings. The van der Waals surface area contributed by atoms with Crippen molar-refractivity contribution < 1.29 is 19.1 Å². The molecule has 0 radical (unpaired) electrons. The predicted molar refractivity (Wildman–Crippen MR) is 136 cm³/mol. The van der Waals surface area contributed by atoms with Gasteiger partial charge in [0.1, 0.15) is 5.60 Å². The van der Waals surface area contributed by atoms with Crippen LogP contribution in [0.25, 0.3) is 0 Å². The Kier molecular flexibility index (Phi) is 13.6. The van der Waals surface area contributed by atoms with Gasteiger partial charge in [-0.2, -0.15) is 0 Å². The molecule has 0 heterocycles. The van der Waals surface area contributed by atoms with Crippen LogP contribution >= 0.6 is 12.4 Å². The van der Waals surface area contributed by atoms with Crippen LogP contribution in [0.5, 0.6) is 0 Å². The predicted octanol–water partition coefficient (Wildman–Crippen LogP) is 2.94. The maximum Gasteiger partial charge on any atom is 0.410 e. The second-order valence-electron chi connectivity index (χ2n) is 8.79. The van der Waals surface area contributed by atoms with Crippen LogP contribution in [0.15, 0.2) is 48.5 Å². The highest BCUT2D eigenvalue weighted by atomic mass is 35.5. The third-order valence-corrected chi connectivity index (χ3v) is 4.31. The van der Waals surface area contributed by atoms with Gasteiger partial charge >= 0.3 is 6.09 Å². The molecule has 8 nitrogen and oxygen atoms in total. The number of nitrogens with one attached hydrogen (secondary N) is 1. The lowest BCUT2D eigenvalue weighted by molar-refractivity contribution is -0.118. The third kappa shape index (κ3) is 13.4. The molecule has 2 aromatic carbocycles. The van der Waals surface area contributed by atoms with E-state index < -0.39 is 5.60 Å². The summed E-state index contributed by atoms with van der Waals surface area (Å²) in [5.74, 6) is -0.648. The van der Waals surface area contributed by atoms with Crippen molar-refractivity contribution in [3.63, 3.8) is 0 Å². The molecule has 9 heteroatoms. The quantitative estimate of drug-likeness (QED) is 0.522. The summed E-state index contributed by atoms with van der Waals surface area (Å²) in [5.41, 5.74) is 13.7. The van der Waals surface area contributed by atoms with Crippen LogP contribution in [0.3, 0.4) is 0 Å². The SMILES string of the molecule is CN(Cc1ccc(CC(N)=O)cc1)C(=O)OC(C)(C)C.CNCc1ccc(CC(N)=O)cc1.Cl. The Bertz CT molecular complexity index is 910. The minimum Gasteiger partial charge on any atom is -0.444 e. The molecule has 5 N–H and O–H groups in total. The summed E-state index contributed by atoms with van der Waals surface area (Å²) in [6.45, 7) is 6.79. The van der Waals surface area contributed by atoms with Gasteiger partial charge in [-0.1, -0.05) is 48.5 Å². The molecule has 0 fully saturated rings. The van der Waals surface area contributed by atoms with E-state index in [1.165, 1.54) is 10.5 Å². The zero-order chi connectivity index (χ0) is 25.0. The van der Waals surface area contributed by atoms with Crippen molar-refractivity contribution in [2.24, 2.45) is 11.5 Å². The number of hydrogen-bond donors (Lipinski definition) is 3. The van der Waals surface area contributed by atoms with E-state index >= 15 is 0 Å². The van der Waals surface area contributed by atoms with Gasteiger partial charge in [0, 0.05) is 20.1 Å². The van der Waals surface area contributed by atoms with Crippen molar-refractivity contribution in [2.45, 2.75) is 52.3 Å². The Morgan fingerprint density at radius 3 is 1.56 bits per heavy atom. The largest absolute Gasteiger partial charge is 0.444 e. The number of carbonyl (C=O) groups excluding carboxylic acids is 3. The lowest BCUT2D eigenvalue weighted by Crippen LogP contribution is -2.33. The number of nitrogens with two attached hydrogens (primary N) is 2. The maximum absolute atomic E-state index is 11.8. The third-order valence-electron chi connectivity index (χ3n) is 4.31. The molecule has 3 amide bonds. The average Bonchev–Trinajstić information content (AvgIpc) is 2.69. The van der Waals surface area contributed by atoms with Gasteiger partial charge in [0.2, 0.25) is 11.8 Å². The van der Waals surface area contributed by atoms with Gasteiger partial charge in [-0.15, -0.1) is 12.4 Å². The number of benzene rings is 2. The van der Waals surface area contributed by atoms with Crippen LogP contribution in [0, 0.1) is 0 Å². The normalized spacial score (nSPS) is 10.3. The van der Waals surface area contributed by atoms with Gasteiger partial charge in [0.15, 0.2) is 0 Å². The topological polar surface area (TPSA) is 128 Å². The summed E-state index contributed by atoms with van der Waals surface area (Å²) in [7, 11) is 3.59. The number of nitrogens with zero attached hydrogens (tertiary/aromatic N) is 1. The van der Waals surface area contributed by atoms with E-state index in [1.807, 2.05) is 76.3 Å². The number of hydrogen-bond acceptors (Lipinski definition) is 5. The van der Waals surface area contributed by atoms with Crippen molar-refractivity contribution in [1.29, 1.82) is 0 Å². The lowest BCUT2D eigenvalue weighted by atomic mass is 10.1. The first-order valence-corrected chi connectivity index (χ1v) is 10.7. The second-order valence-corrected chi connectivity index (χ2v) is 8.79. The van der Waals surface area contributed by atoms with Gasteiger partial charge in [-0.05, 0) is 50.1 Å². The highest BCUT2D eigenvalue weighted by Gasteiger charge is 2.19. The Hall–Kier alpha value is -3.10. The minimum absolute atomic E-state index is 0. The summed E-state index contributed by atoms with van der Waals surface area (Å²) < 4.78 is 5.27. The van der Waals surface area contributed by atoms with E-state index in [4.69, 9.17) is 16.2 Å². The van der Waals surface area contributed by atoms with Gasteiger partial charge < -0.3 is 26.4 Å². The van der Waals surface area contributed by atoms with Crippen LogP contribution < -0.4 is 16.8 Å². The fraction of sp³-hybridized carbons (Fsp3) is 0.400. The molecule has 0 saturated heterocycles. The van der Waals surface area contributed by atoms with E-state index in [0.29, 0.717) is 13.0 Å². The molecule has 2 rings (SSSR count). The van der Waals surface area contributed by atoms with Gasteiger partial charge in [-0.25, -0.2) is 4.79 Å². The number of ether oxygens (including phenoxy) is 1. The van der Waals surface area contributed by atoms with Crippen LogP contribution in [0.4, 0.5) is 4.79 Å². The average molecular weight is 493 g/mol. The highest BCUT2D eigenvalue weighted by molar-refractivity contribution is 5.85. The van der Waals surface area contributed by atoms with Gasteiger partial charge in [0.05, 0.1) is 12.8 Å². The maximum atomic E-state index is 11.8. The highest BCUT2D eigenvalue weighted by Crippen LogP contribution is 2.12. The molecular weight excluding hydrogens is 456 g/mol. The smallest absolute Gasteiger partial charge is 0.410 e. The van der Waals surface area contributed by atoms with E-state index in [9.17, 15) is 14.4 Å². The van der Waals surface area contributed by atoms with Crippen molar-refractivity contribution >= 4 is 30.3 Å². The molecule has 34 heavy (non-hydrogen) atoms. The molecule has 0 unspecified atom stereocenters. The van der Waals surface area contributed by atoms with Crippen LogP contribution in [0.2, 0.25) is 0 Å². The number of amides is 3. The lowest BCUT2D eigenvalue weighted by Gasteiger charge is -2.24. The molecular formula is C25H37ClN4O4. The summed E-state index contributed by atoms with van der Waals surface area (Å²) in [6, 6.07) is 15.3. The van der Waals surface area contributed by atoms with E-state index in [-0.39, 0.29) is 36.7 Å². The zero-order valence-corrected chi connectivity index (χ0v) is 21.4. The Balaban J connectivity index is 0.000000676. The molecule has 0 aliphatic carbocycles. The fourth-order valence-corrected chi connectivity index (χ4v) is 2.82. The minimum atomic E-state index is -0.503. The zero-order valence-electron chi connectivity index (χ0n) is 20.6. The first-order valence-electron chi connectivity index (χ1n) is 10.7. The molecule has 0 aliphatic heterocycles. The van der Waals surface area contributed by atoms with Crippen molar-refractivity contribution in [1.82, 2.24) is 10.2 Å². The number of halogens is 1. The van der Waals surface area contributed by atoms with Gasteiger partial charge in [0.25, 0.3) is 0 Å².